The number of nitrogens with zero attached hydrogens (tertiary/aromatic N) is 1. The lowest BCUT2D eigenvalue weighted by Gasteiger charge is -2.10. The Labute approximate surface area is 80.3 Å². The Balaban J connectivity index is 2.71. The molecule has 1 aliphatic heterocycles. The summed E-state index contributed by atoms with van der Waals surface area (Å²) in [6.07, 6.45) is 0. The molecule has 0 saturated carbocycles. The van der Waals surface area contributed by atoms with Crippen molar-refractivity contribution in [3.63, 3.8) is 0 Å². The van der Waals surface area contributed by atoms with Crippen molar-refractivity contribution in [2.75, 3.05) is 12.4 Å². The highest BCUT2D eigenvalue weighted by molar-refractivity contribution is 8.24. The fraction of sp³-hybridized carbons (Fsp3) is 0.667. The van der Waals surface area contributed by atoms with Gasteiger partial charge >= 0.3 is 0 Å². The fourth-order valence-electron chi connectivity index (χ4n) is 0.882. The first-order chi connectivity index (χ1) is 5.20. The van der Waals surface area contributed by atoms with Gasteiger partial charge in [0.1, 0.15) is 9.57 Å². The van der Waals surface area contributed by atoms with Crippen LogP contribution in [0.15, 0.2) is 0 Å². The van der Waals surface area contributed by atoms with E-state index in [4.69, 9.17) is 23.8 Å². The van der Waals surface area contributed by atoms with E-state index in [1.807, 2.05) is 6.92 Å². The molecule has 62 valence electrons. The molecule has 0 aromatic carbocycles. The Hall–Kier alpha value is 0.200. The lowest BCUT2D eigenvalue weighted by Crippen LogP contribution is -2.31. The van der Waals surface area contributed by atoms with Gasteiger partial charge in [-0.2, -0.15) is 0 Å². The van der Waals surface area contributed by atoms with Crippen LogP contribution >= 0.6 is 35.6 Å². The molecule has 0 N–H and O–H groups in total. The molecule has 0 bridgehead atoms. The van der Waals surface area contributed by atoms with Crippen LogP contribution in [0.2, 0.25) is 0 Å². The molecule has 0 radical (unpaired) electrons. The van der Waals surface area contributed by atoms with E-state index < -0.39 is 0 Å². The molecule has 1 amide bonds. The summed E-state index contributed by atoms with van der Waals surface area (Å²) in [5.41, 5.74) is 0. The Kier molecular flexibility index (Phi) is 3.16. The highest BCUT2D eigenvalue weighted by Gasteiger charge is 2.34. The fourth-order valence-corrected chi connectivity index (χ4v) is 2.65. The van der Waals surface area contributed by atoms with Crippen molar-refractivity contribution in [2.45, 2.75) is 12.2 Å². The number of amides is 1. The molecule has 1 fully saturated rings. The van der Waals surface area contributed by atoms with Crippen LogP contribution in [0.5, 0.6) is 0 Å². The molecule has 0 aliphatic carbocycles. The van der Waals surface area contributed by atoms with E-state index in [9.17, 15) is 4.79 Å². The Morgan fingerprint density at radius 1 is 1.82 bits per heavy atom. The first kappa shape index (κ1) is 9.29. The van der Waals surface area contributed by atoms with Crippen LogP contribution in [0, 0.1) is 0 Å². The van der Waals surface area contributed by atoms with Gasteiger partial charge in [-0.05, 0) is 6.92 Å². The second-order valence-corrected chi connectivity index (χ2v) is 4.25. The maximum Gasteiger partial charge on any atom is 0.242 e. The molecular weight excluding hydrogens is 202 g/mol. The molecule has 5 heteroatoms. The van der Waals surface area contributed by atoms with Gasteiger partial charge in [-0.15, -0.1) is 11.6 Å². The van der Waals surface area contributed by atoms with Crippen molar-refractivity contribution in [2.24, 2.45) is 0 Å². The number of hydrogen-bond donors (Lipinski definition) is 0. The van der Waals surface area contributed by atoms with Crippen molar-refractivity contribution >= 4 is 45.8 Å². The molecule has 0 aromatic rings. The zero-order valence-electron chi connectivity index (χ0n) is 6.04. The first-order valence-electron chi connectivity index (χ1n) is 3.28. The summed E-state index contributed by atoms with van der Waals surface area (Å²) in [5, 5.41) is -0.149. The van der Waals surface area contributed by atoms with Gasteiger partial charge in [-0.1, -0.05) is 24.0 Å². The van der Waals surface area contributed by atoms with E-state index in [-0.39, 0.29) is 11.2 Å². The second kappa shape index (κ2) is 3.74. The highest BCUT2D eigenvalue weighted by Crippen LogP contribution is 2.27. The molecule has 1 atom stereocenters. The van der Waals surface area contributed by atoms with Crippen LogP contribution in [0.4, 0.5) is 0 Å². The minimum atomic E-state index is -0.149. The Bertz CT molecular complexity index is 197. The topological polar surface area (TPSA) is 20.3 Å². The SMILES string of the molecule is CCN1C(=O)C(CCl)SC1=S. The smallest absolute Gasteiger partial charge is 0.242 e. The molecule has 11 heavy (non-hydrogen) atoms. The molecule has 1 saturated heterocycles. The third-order valence-electron chi connectivity index (χ3n) is 1.46. The van der Waals surface area contributed by atoms with Gasteiger partial charge in [-0.25, -0.2) is 0 Å². The average Bonchev–Trinajstić information content (AvgIpc) is 2.26. The minimum absolute atomic E-state index is 0.0532. The summed E-state index contributed by atoms with van der Waals surface area (Å²) in [6.45, 7) is 2.55. The molecule has 2 nitrogen and oxygen atoms in total. The van der Waals surface area contributed by atoms with Crippen LogP contribution in [-0.4, -0.2) is 32.8 Å². The van der Waals surface area contributed by atoms with Crippen molar-refractivity contribution in [3.8, 4) is 0 Å². The quantitative estimate of drug-likeness (QED) is 0.508. The normalized spacial score (nSPS) is 24.9. The van der Waals surface area contributed by atoms with Crippen LogP contribution < -0.4 is 0 Å². The summed E-state index contributed by atoms with van der Waals surface area (Å²) < 4.78 is 0.656. The number of carbonyl (C=O) groups is 1. The summed E-state index contributed by atoms with van der Waals surface area (Å²) >= 11 is 11.9. The van der Waals surface area contributed by atoms with Crippen LogP contribution in [-0.2, 0) is 4.79 Å². The summed E-state index contributed by atoms with van der Waals surface area (Å²) in [4.78, 5) is 12.9. The number of hydrogen-bond acceptors (Lipinski definition) is 3. The van der Waals surface area contributed by atoms with E-state index in [2.05, 4.69) is 0 Å². The van der Waals surface area contributed by atoms with Crippen molar-refractivity contribution in [3.05, 3.63) is 0 Å². The third-order valence-corrected chi connectivity index (χ3v) is 3.54. The van der Waals surface area contributed by atoms with E-state index >= 15 is 0 Å². The van der Waals surface area contributed by atoms with E-state index in [0.717, 1.165) is 0 Å². The van der Waals surface area contributed by atoms with E-state index in [0.29, 0.717) is 16.7 Å². The highest BCUT2D eigenvalue weighted by atomic mass is 35.5. The van der Waals surface area contributed by atoms with Crippen LogP contribution in [0.1, 0.15) is 6.92 Å². The monoisotopic (exact) mass is 209 g/mol. The lowest BCUT2D eigenvalue weighted by molar-refractivity contribution is -0.125. The molecule has 1 aliphatic rings. The number of thiocarbonyl (C=S) groups is 1. The van der Waals surface area contributed by atoms with Crippen molar-refractivity contribution in [1.82, 2.24) is 4.90 Å². The van der Waals surface area contributed by atoms with Gasteiger partial charge in [0.05, 0.1) is 0 Å². The van der Waals surface area contributed by atoms with Gasteiger partial charge < -0.3 is 0 Å². The second-order valence-electron chi connectivity index (χ2n) is 2.11. The number of carbonyl (C=O) groups excluding carboxylic acids is 1. The largest absolute Gasteiger partial charge is 0.297 e. The Morgan fingerprint density at radius 3 is 2.73 bits per heavy atom. The number of alkyl halides is 1. The number of halogens is 1. The predicted molar refractivity (Wildman–Crippen MR) is 52.1 cm³/mol. The van der Waals surface area contributed by atoms with Gasteiger partial charge in [0, 0.05) is 12.4 Å². The molecular formula is C6H8ClNOS2. The van der Waals surface area contributed by atoms with Gasteiger partial charge in [0.25, 0.3) is 0 Å². The van der Waals surface area contributed by atoms with Gasteiger partial charge in [-0.3, -0.25) is 9.69 Å². The molecule has 1 heterocycles. The van der Waals surface area contributed by atoms with E-state index in [1.165, 1.54) is 11.8 Å². The lowest BCUT2D eigenvalue weighted by atomic mass is 10.4. The maximum absolute atomic E-state index is 11.3. The number of thioether (sulfide) groups is 1. The van der Waals surface area contributed by atoms with Crippen LogP contribution in [0.3, 0.4) is 0 Å². The maximum atomic E-state index is 11.3. The Morgan fingerprint density at radius 2 is 2.45 bits per heavy atom. The first-order valence-corrected chi connectivity index (χ1v) is 5.11. The minimum Gasteiger partial charge on any atom is -0.297 e. The third kappa shape index (κ3) is 1.68. The zero-order chi connectivity index (χ0) is 8.43. The average molecular weight is 210 g/mol. The molecule has 0 aromatic heterocycles. The van der Waals surface area contributed by atoms with Gasteiger partial charge in [0.2, 0.25) is 5.91 Å². The standard InChI is InChI=1S/C6H8ClNOS2/c1-2-8-5(9)4(3-7)11-6(8)10/h4H,2-3H2,1H3. The predicted octanol–water partition coefficient (Wildman–Crippen LogP) is 1.47. The van der Waals surface area contributed by atoms with Crippen LogP contribution in [0.25, 0.3) is 0 Å². The summed E-state index contributed by atoms with van der Waals surface area (Å²) in [7, 11) is 0. The summed E-state index contributed by atoms with van der Waals surface area (Å²) in [5.74, 6) is 0.401. The summed E-state index contributed by atoms with van der Waals surface area (Å²) in [6, 6.07) is 0. The molecule has 1 rings (SSSR count). The van der Waals surface area contributed by atoms with Crippen molar-refractivity contribution in [1.29, 1.82) is 0 Å². The van der Waals surface area contributed by atoms with Gasteiger partial charge in [0.15, 0.2) is 0 Å². The molecule has 1 unspecified atom stereocenters. The zero-order valence-corrected chi connectivity index (χ0v) is 8.43. The number of rotatable bonds is 2. The molecule has 0 spiro atoms. The van der Waals surface area contributed by atoms with E-state index in [1.54, 1.807) is 4.90 Å². The van der Waals surface area contributed by atoms with Crippen molar-refractivity contribution < 1.29 is 4.79 Å².